The number of hydrogen-bond acceptors (Lipinski definition) is 5. The maximum Gasteiger partial charge on any atom is 0.253 e. The van der Waals surface area contributed by atoms with Crippen LogP contribution < -0.4 is 14.2 Å². The Hall–Kier alpha value is -3.55. The number of rotatable bonds is 9. The lowest BCUT2D eigenvalue weighted by atomic mass is 10.1. The molecule has 1 aliphatic heterocycles. The van der Waals surface area contributed by atoms with Gasteiger partial charge in [0.05, 0.1) is 12.8 Å². The minimum absolute atomic E-state index is 0.0808. The summed E-state index contributed by atoms with van der Waals surface area (Å²) in [5.41, 5.74) is 3.26. The minimum atomic E-state index is -0.258. The zero-order valence-electron chi connectivity index (χ0n) is 18.9. The summed E-state index contributed by atoms with van der Waals surface area (Å²) >= 11 is 0. The summed E-state index contributed by atoms with van der Waals surface area (Å²) < 4.78 is 29.7. The normalized spacial score (nSPS) is 12.5. The summed E-state index contributed by atoms with van der Waals surface area (Å²) in [4.78, 5) is 14.6. The Kier molecular flexibility index (Phi) is 7.12. The number of hydrogen-bond donors (Lipinski definition) is 1. The van der Waals surface area contributed by atoms with Gasteiger partial charge in [-0.05, 0) is 61.7 Å². The van der Waals surface area contributed by atoms with Crippen LogP contribution in [-0.4, -0.2) is 54.9 Å². The van der Waals surface area contributed by atoms with E-state index >= 15 is 0 Å². The Morgan fingerprint density at radius 2 is 1.91 bits per heavy atom. The van der Waals surface area contributed by atoms with E-state index in [1.807, 2.05) is 6.07 Å². The third-order valence-electron chi connectivity index (χ3n) is 5.63. The van der Waals surface area contributed by atoms with Crippen LogP contribution in [0.4, 0.5) is 4.39 Å². The molecule has 8 heteroatoms. The van der Waals surface area contributed by atoms with E-state index in [0.29, 0.717) is 42.6 Å². The van der Waals surface area contributed by atoms with Gasteiger partial charge in [0, 0.05) is 30.4 Å². The van der Waals surface area contributed by atoms with Gasteiger partial charge in [-0.3, -0.25) is 9.89 Å². The van der Waals surface area contributed by atoms with E-state index in [1.54, 1.807) is 43.3 Å². The molecule has 0 saturated carbocycles. The largest absolute Gasteiger partial charge is 0.493 e. The number of carbonyl (C=O) groups is 1. The molecule has 1 aliphatic rings. The Bertz CT molecular complexity index is 1080. The monoisotopic (exact) mass is 453 g/mol. The number of amides is 1. The highest BCUT2D eigenvalue weighted by molar-refractivity contribution is 5.95. The first-order chi connectivity index (χ1) is 16.0. The van der Waals surface area contributed by atoms with Crippen molar-refractivity contribution in [3.05, 3.63) is 59.5 Å². The number of aromatic nitrogens is 2. The van der Waals surface area contributed by atoms with E-state index in [-0.39, 0.29) is 11.7 Å². The molecule has 2 aromatic carbocycles. The van der Waals surface area contributed by atoms with Crippen LogP contribution in [0.3, 0.4) is 0 Å². The highest BCUT2D eigenvalue weighted by Crippen LogP contribution is 2.40. The number of methoxy groups -OCH3 is 1. The van der Waals surface area contributed by atoms with Crippen molar-refractivity contribution in [3.63, 3.8) is 0 Å². The van der Waals surface area contributed by atoms with Crippen molar-refractivity contribution < 1.29 is 23.4 Å². The second-order valence-electron chi connectivity index (χ2n) is 8.03. The van der Waals surface area contributed by atoms with Crippen LogP contribution in [0, 0.1) is 5.82 Å². The average Bonchev–Trinajstić information content (AvgIpc) is 3.31. The van der Waals surface area contributed by atoms with Gasteiger partial charge in [0.2, 0.25) is 5.75 Å². The molecule has 1 aromatic heterocycles. The zero-order chi connectivity index (χ0) is 23.2. The van der Waals surface area contributed by atoms with Gasteiger partial charge in [-0.15, -0.1) is 0 Å². The van der Waals surface area contributed by atoms with Gasteiger partial charge in [0.25, 0.3) is 5.91 Å². The first-order valence-corrected chi connectivity index (χ1v) is 11.1. The predicted octanol–water partition coefficient (Wildman–Crippen LogP) is 4.48. The molecule has 174 valence electrons. The molecule has 0 radical (unpaired) electrons. The number of aryl methyl sites for hydroxylation is 1. The lowest BCUT2D eigenvalue weighted by Crippen LogP contribution is -2.28. The van der Waals surface area contributed by atoms with Crippen molar-refractivity contribution in [2.24, 2.45) is 0 Å². The summed E-state index contributed by atoms with van der Waals surface area (Å²) in [6.45, 7) is 1.56. The molecule has 2 heterocycles. The summed E-state index contributed by atoms with van der Waals surface area (Å²) in [6.07, 6.45) is 3.71. The maximum atomic E-state index is 13.1. The van der Waals surface area contributed by atoms with Crippen molar-refractivity contribution in [2.45, 2.75) is 25.7 Å². The van der Waals surface area contributed by atoms with Gasteiger partial charge >= 0.3 is 0 Å². The second-order valence-corrected chi connectivity index (χ2v) is 8.03. The molecule has 1 amide bonds. The maximum absolute atomic E-state index is 13.1. The average molecular weight is 454 g/mol. The fraction of sp³-hybridized carbons (Fsp3) is 0.360. The van der Waals surface area contributed by atoms with Crippen molar-refractivity contribution in [1.82, 2.24) is 15.1 Å². The molecule has 0 bridgehead atoms. The standard InChI is InChI=1S/C25H28FN3O4/c1-29(25(30)18-14-22(31-2)24-23(15-18)32-12-13-33-24)11-5-3-4-6-20-16-21(28-27-20)17-7-9-19(26)10-8-17/h7-10,14-16H,3-6,11-13H2,1-2H3,(H,27,28). The lowest BCUT2D eigenvalue weighted by molar-refractivity contribution is 0.0790. The number of ether oxygens (including phenoxy) is 3. The number of halogens is 1. The number of aromatic amines is 1. The van der Waals surface area contributed by atoms with Crippen molar-refractivity contribution in [3.8, 4) is 28.5 Å². The third-order valence-corrected chi connectivity index (χ3v) is 5.63. The summed E-state index contributed by atoms with van der Waals surface area (Å²) in [6, 6.07) is 11.7. The molecule has 33 heavy (non-hydrogen) atoms. The number of nitrogens with zero attached hydrogens (tertiary/aromatic N) is 2. The Morgan fingerprint density at radius 1 is 1.12 bits per heavy atom. The Labute approximate surface area is 192 Å². The van der Waals surface area contributed by atoms with Gasteiger partial charge in [-0.25, -0.2) is 4.39 Å². The zero-order valence-corrected chi connectivity index (χ0v) is 18.9. The van der Waals surface area contributed by atoms with E-state index in [2.05, 4.69) is 10.2 Å². The molecule has 7 nitrogen and oxygen atoms in total. The molecule has 0 saturated heterocycles. The summed E-state index contributed by atoms with van der Waals surface area (Å²) in [5.74, 6) is 1.25. The smallest absolute Gasteiger partial charge is 0.253 e. The fourth-order valence-electron chi connectivity index (χ4n) is 3.82. The first-order valence-electron chi connectivity index (χ1n) is 11.1. The molecule has 1 N–H and O–H groups in total. The van der Waals surface area contributed by atoms with E-state index < -0.39 is 0 Å². The first kappa shape index (κ1) is 22.6. The Morgan fingerprint density at radius 3 is 2.70 bits per heavy atom. The van der Waals surface area contributed by atoms with Crippen LogP contribution in [-0.2, 0) is 6.42 Å². The van der Waals surface area contributed by atoms with Crippen molar-refractivity contribution in [2.75, 3.05) is 33.9 Å². The predicted molar refractivity (Wildman–Crippen MR) is 122 cm³/mol. The van der Waals surface area contributed by atoms with Gasteiger partial charge in [0.15, 0.2) is 11.5 Å². The highest BCUT2D eigenvalue weighted by Gasteiger charge is 2.22. The lowest BCUT2D eigenvalue weighted by Gasteiger charge is -2.23. The molecule has 3 aromatic rings. The minimum Gasteiger partial charge on any atom is -0.493 e. The number of benzene rings is 2. The van der Waals surface area contributed by atoms with Gasteiger partial charge in [-0.2, -0.15) is 5.10 Å². The summed E-state index contributed by atoms with van der Waals surface area (Å²) in [7, 11) is 3.35. The second kappa shape index (κ2) is 10.4. The topological polar surface area (TPSA) is 76.7 Å². The van der Waals surface area contributed by atoms with Gasteiger partial charge in [-0.1, -0.05) is 6.42 Å². The van der Waals surface area contributed by atoms with Crippen LogP contribution in [0.2, 0.25) is 0 Å². The number of unbranched alkanes of at least 4 members (excludes halogenated alkanes) is 2. The van der Waals surface area contributed by atoms with Crippen LogP contribution in [0.5, 0.6) is 17.2 Å². The van der Waals surface area contributed by atoms with Crippen LogP contribution in [0.15, 0.2) is 42.5 Å². The fourth-order valence-corrected chi connectivity index (χ4v) is 3.82. The molecular formula is C25H28FN3O4. The van der Waals surface area contributed by atoms with E-state index in [9.17, 15) is 9.18 Å². The van der Waals surface area contributed by atoms with Crippen molar-refractivity contribution in [1.29, 1.82) is 0 Å². The number of fused-ring (bicyclic) bond motifs is 1. The molecule has 0 unspecified atom stereocenters. The number of H-pyrrole nitrogens is 1. The highest BCUT2D eigenvalue weighted by atomic mass is 19.1. The number of carbonyl (C=O) groups excluding carboxylic acids is 1. The Balaban J connectivity index is 1.24. The van der Waals surface area contributed by atoms with E-state index in [4.69, 9.17) is 14.2 Å². The van der Waals surface area contributed by atoms with Crippen LogP contribution >= 0.6 is 0 Å². The summed E-state index contributed by atoms with van der Waals surface area (Å²) in [5, 5.41) is 7.37. The van der Waals surface area contributed by atoms with E-state index in [0.717, 1.165) is 42.6 Å². The molecule has 0 aliphatic carbocycles. The molecule has 0 atom stereocenters. The molecule has 4 rings (SSSR count). The van der Waals surface area contributed by atoms with Crippen LogP contribution in [0.25, 0.3) is 11.3 Å². The number of nitrogens with one attached hydrogen (secondary N) is 1. The van der Waals surface area contributed by atoms with Crippen LogP contribution in [0.1, 0.15) is 35.3 Å². The van der Waals surface area contributed by atoms with Gasteiger partial charge < -0.3 is 19.1 Å². The third kappa shape index (κ3) is 5.45. The SMILES string of the molecule is COc1cc(C(=O)N(C)CCCCCc2cc(-c3ccc(F)cc3)n[nH]2)cc2c1OCCO2. The van der Waals surface area contributed by atoms with E-state index in [1.165, 1.54) is 12.1 Å². The van der Waals surface area contributed by atoms with Gasteiger partial charge in [0.1, 0.15) is 19.0 Å². The molecule has 0 spiro atoms. The molecule has 0 fully saturated rings. The quantitative estimate of drug-likeness (QED) is 0.484. The molecular weight excluding hydrogens is 425 g/mol. The van der Waals surface area contributed by atoms with Crippen molar-refractivity contribution >= 4 is 5.91 Å².